The van der Waals surface area contributed by atoms with E-state index >= 15 is 0 Å². The van der Waals surface area contributed by atoms with Crippen LogP contribution in [0.3, 0.4) is 0 Å². The molecule has 2 heterocycles. The third-order valence-corrected chi connectivity index (χ3v) is 3.67. The lowest BCUT2D eigenvalue weighted by molar-refractivity contribution is -0.116. The fraction of sp³-hybridized carbons (Fsp3) is 0.400. The molecule has 5 nitrogen and oxygen atoms in total. The summed E-state index contributed by atoms with van der Waals surface area (Å²) in [5, 5.41) is 10.8. The van der Waals surface area contributed by atoms with E-state index in [1.165, 1.54) is 0 Å². The van der Waals surface area contributed by atoms with Crippen molar-refractivity contribution in [3.05, 3.63) is 29.5 Å². The van der Waals surface area contributed by atoms with Crippen LogP contribution in [-0.2, 0) is 4.79 Å². The Labute approximate surface area is 117 Å². The van der Waals surface area contributed by atoms with E-state index in [-0.39, 0.29) is 5.91 Å². The first kappa shape index (κ1) is 12.8. The Bertz CT molecular complexity index is 686. The van der Waals surface area contributed by atoms with Crippen LogP contribution in [0.1, 0.15) is 30.5 Å². The van der Waals surface area contributed by atoms with Gasteiger partial charge in [0, 0.05) is 12.1 Å². The van der Waals surface area contributed by atoms with Crippen LogP contribution in [0.5, 0.6) is 0 Å². The molecule has 1 amide bonds. The number of hydrogen-bond donors (Lipinski definition) is 2. The molecule has 0 saturated heterocycles. The van der Waals surface area contributed by atoms with Crippen LogP contribution >= 0.6 is 0 Å². The zero-order valence-corrected chi connectivity index (χ0v) is 11.7. The van der Waals surface area contributed by atoms with Gasteiger partial charge < -0.3 is 5.32 Å². The number of aromatic nitrogens is 3. The molecular formula is C15H18N4O. The van der Waals surface area contributed by atoms with Crippen LogP contribution in [0.4, 0.5) is 5.82 Å². The highest BCUT2D eigenvalue weighted by atomic mass is 16.1. The number of fused-ring (bicyclic) bond motifs is 1. The van der Waals surface area contributed by atoms with Gasteiger partial charge in [0.2, 0.25) is 5.91 Å². The first-order valence-electron chi connectivity index (χ1n) is 6.92. The molecular weight excluding hydrogens is 252 g/mol. The van der Waals surface area contributed by atoms with Gasteiger partial charge >= 0.3 is 0 Å². The summed E-state index contributed by atoms with van der Waals surface area (Å²) >= 11 is 0. The van der Waals surface area contributed by atoms with E-state index in [0.29, 0.717) is 18.2 Å². The number of pyridine rings is 1. The third-order valence-electron chi connectivity index (χ3n) is 3.67. The molecule has 0 bridgehead atoms. The maximum atomic E-state index is 12.1. The van der Waals surface area contributed by atoms with Crippen LogP contribution in [0.2, 0.25) is 0 Å². The number of H-pyrrole nitrogens is 1. The lowest BCUT2D eigenvalue weighted by atomic mass is 10.1. The van der Waals surface area contributed by atoms with Crippen LogP contribution in [0, 0.1) is 19.8 Å². The lowest BCUT2D eigenvalue weighted by Crippen LogP contribution is -2.15. The molecule has 1 atom stereocenters. The summed E-state index contributed by atoms with van der Waals surface area (Å²) in [4.78, 5) is 16.5. The number of anilines is 1. The van der Waals surface area contributed by atoms with Crippen molar-refractivity contribution in [1.82, 2.24) is 15.2 Å². The van der Waals surface area contributed by atoms with Crippen molar-refractivity contribution in [2.75, 3.05) is 5.32 Å². The van der Waals surface area contributed by atoms with Gasteiger partial charge in [0.1, 0.15) is 0 Å². The summed E-state index contributed by atoms with van der Waals surface area (Å²) in [6, 6.07) is 1.99. The Morgan fingerprint density at radius 1 is 1.50 bits per heavy atom. The van der Waals surface area contributed by atoms with Crippen molar-refractivity contribution in [3.63, 3.8) is 0 Å². The number of allylic oxidation sites excluding steroid dienone is 2. The van der Waals surface area contributed by atoms with E-state index in [1.54, 1.807) is 0 Å². The lowest BCUT2D eigenvalue weighted by Gasteiger charge is -2.07. The van der Waals surface area contributed by atoms with Gasteiger partial charge in [0.15, 0.2) is 11.5 Å². The summed E-state index contributed by atoms with van der Waals surface area (Å²) in [6.45, 7) is 3.94. The van der Waals surface area contributed by atoms with Crippen molar-refractivity contribution in [2.45, 2.75) is 33.1 Å². The molecule has 2 aromatic rings. The molecule has 104 valence electrons. The van der Waals surface area contributed by atoms with Gasteiger partial charge in [-0.3, -0.25) is 9.89 Å². The van der Waals surface area contributed by atoms with Crippen LogP contribution in [0.25, 0.3) is 11.0 Å². The molecule has 0 saturated carbocycles. The average Bonchev–Trinajstić information content (AvgIpc) is 2.99. The standard InChI is InChI=1S/C15H18N4O/c1-9-7-10(2)16-14-13(9)15(19-18-14)17-12(20)8-11-5-3-4-6-11/h3,5,7,11H,4,6,8H2,1-2H3,(H2,16,17,18,19,20). The number of aromatic amines is 1. The minimum absolute atomic E-state index is 0.00919. The van der Waals surface area contributed by atoms with Crippen molar-refractivity contribution >= 4 is 22.8 Å². The first-order chi connectivity index (χ1) is 9.63. The van der Waals surface area contributed by atoms with E-state index < -0.39 is 0 Å². The zero-order valence-electron chi connectivity index (χ0n) is 11.7. The largest absolute Gasteiger partial charge is 0.309 e. The Morgan fingerprint density at radius 3 is 3.10 bits per heavy atom. The molecule has 0 spiro atoms. The molecule has 2 N–H and O–H groups in total. The van der Waals surface area contributed by atoms with Crippen molar-refractivity contribution in [3.8, 4) is 0 Å². The van der Waals surface area contributed by atoms with Crippen LogP contribution in [0.15, 0.2) is 18.2 Å². The van der Waals surface area contributed by atoms with Crippen LogP contribution < -0.4 is 5.32 Å². The number of amides is 1. The topological polar surface area (TPSA) is 70.7 Å². The summed E-state index contributed by atoms with van der Waals surface area (Å²) in [7, 11) is 0. The van der Waals surface area contributed by atoms with E-state index in [0.717, 1.165) is 35.1 Å². The molecule has 1 aliphatic rings. The maximum absolute atomic E-state index is 12.1. The summed E-state index contributed by atoms with van der Waals surface area (Å²) < 4.78 is 0. The Morgan fingerprint density at radius 2 is 2.35 bits per heavy atom. The maximum Gasteiger partial charge on any atom is 0.226 e. The zero-order chi connectivity index (χ0) is 14.1. The van der Waals surface area contributed by atoms with Crippen molar-refractivity contribution in [2.24, 2.45) is 5.92 Å². The molecule has 0 fully saturated rings. The van der Waals surface area contributed by atoms with E-state index in [4.69, 9.17) is 0 Å². The van der Waals surface area contributed by atoms with Crippen molar-refractivity contribution in [1.29, 1.82) is 0 Å². The third kappa shape index (κ3) is 2.43. The van der Waals surface area contributed by atoms with Gasteiger partial charge in [-0.25, -0.2) is 4.98 Å². The molecule has 1 unspecified atom stereocenters. The van der Waals surface area contributed by atoms with E-state index in [1.807, 2.05) is 19.9 Å². The molecule has 5 heteroatoms. The smallest absolute Gasteiger partial charge is 0.226 e. The highest BCUT2D eigenvalue weighted by Crippen LogP contribution is 2.25. The number of hydrogen-bond acceptors (Lipinski definition) is 3. The number of carbonyl (C=O) groups is 1. The SMILES string of the molecule is Cc1cc(C)c2c(NC(=O)CC3C=CCC3)n[nH]c2n1. The monoisotopic (exact) mass is 270 g/mol. The molecule has 20 heavy (non-hydrogen) atoms. The summed E-state index contributed by atoms with van der Waals surface area (Å²) in [5.41, 5.74) is 2.73. The normalized spacial score (nSPS) is 17.8. The van der Waals surface area contributed by atoms with E-state index in [2.05, 4.69) is 32.7 Å². The van der Waals surface area contributed by atoms with Gasteiger partial charge in [-0.05, 0) is 44.2 Å². The Kier molecular flexibility index (Phi) is 3.26. The van der Waals surface area contributed by atoms with Gasteiger partial charge in [-0.1, -0.05) is 12.2 Å². The van der Waals surface area contributed by atoms with E-state index in [9.17, 15) is 4.79 Å². The predicted molar refractivity (Wildman–Crippen MR) is 78.5 cm³/mol. The highest BCUT2D eigenvalue weighted by Gasteiger charge is 2.17. The Hall–Kier alpha value is -2.17. The highest BCUT2D eigenvalue weighted by molar-refractivity contribution is 6.00. The fourth-order valence-electron chi connectivity index (χ4n) is 2.76. The molecule has 1 aliphatic carbocycles. The average molecular weight is 270 g/mol. The van der Waals surface area contributed by atoms with Crippen molar-refractivity contribution < 1.29 is 4.79 Å². The number of nitrogens with zero attached hydrogens (tertiary/aromatic N) is 2. The fourth-order valence-corrected chi connectivity index (χ4v) is 2.76. The second kappa shape index (κ2) is 5.07. The van der Waals surface area contributed by atoms with Crippen LogP contribution in [-0.4, -0.2) is 21.1 Å². The molecule has 0 radical (unpaired) electrons. The van der Waals surface area contributed by atoms with Gasteiger partial charge in [-0.2, -0.15) is 5.10 Å². The minimum atomic E-state index is 0.00919. The second-order valence-corrected chi connectivity index (χ2v) is 5.39. The van der Waals surface area contributed by atoms with Gasteiger partial charge in [-0.15, -0.1) is 0 Å². The molecule has 3 rings (SSSR count). The number of carbonyl (C=O) groups excluding carboxylic acids is 1. The Balaban J connectivity index is 1.80. The molecule has 0 aromatic carbocycles. The molecule has 2 aromatic heterocycles. The second-order valence-electron chi connectivity index (χ2n) is 5.39. The quantitative estimate of drug-likeness (QED) is 0.842. The van der Waals surface area contributed by atoms with Gasteiger partial charge in [0.05, 0.1) is 5.39 Å². The number of nitrogens with one attached hydrogen (secondary N) is 2. The molecule has 0 aliphatic heterocycles. The van der Waals surface area contributed by atoms with Gasteiger partial charge in [0.25, 0.3) is 0 Å². The summed E-state index contributed by atoms with van der Waals surface area (Å²) in [6.07, 6.45) is 6.92. The minimum Gasteiger partial charge on any atom is -0.309 e. The number of aryl methyl sites for hydroxylation is 2. The number of rotatable bonds is 3. The summed E-state index contributed by atoms with van der Waals surface area (Å²) in [5.74, 6) is 0.952. The predicted octanol–water partition coefficient (Wildman–Crippen LogP) is 2.87. The first-order valence-corrected chi connectivity index (χ1v) is 6.92.